The van der Waals surface area contributed by atoms with Crippen LogP contribution in [-0.4, -0.2) is 29.3 Å². The van der Waals surface area contributed by atoms with E-state index in [1.54, 1.807) is 23.9 Å². The zero-order valence-corrected chi connectivity index (χ0v) is 15.8. The number of aromatic nitrogens is 2. The van der Waals surface area contributed by atoms with Gasteiger partial charge < -0.3 is 10.6 Å². The van der Waals surface area contributed by atoms with E-state index in [1.807, 2.05) is 25.5 Å². The van der Waals surface area contributed by atoms with Crippen molar-refractivity contribution in [2.45, 2.75) is 19.4 Å². The average Bonchev–Trinajstić information content (AvgIpc) is 2.93. The third kappa shape index (κ3) is 6.55. The van der Waals surface area contributed by atoms with Crippen molar-refractivity contribution >= 4 is 29.9 Å². The second-order valence-electron chi connectivity index (χ2n) is 5.07. The molecule has 1 heterocycles. The molecule has 2 N–H and O–H groups in total. The van der Waals surface area contributed by atoms with Gasteiger partial charge in [0.25, 0.3) is 0 Å². The molecule has 5 nitrogen and oxygen atoms in total. The zero-order chi connectivity index (χ0) is 15.8. The van der Waals surface area contributed by atoms with Gasteiger partial charge in [0, 0.05) is 38.9 Å². The average molecular weight is 431 g/mol. The summed E-state index contributed by atoms with van der Waals surface area (Å²) in [6, 6.07) is 6.73. The summed E-state index contributed by atoms with van der Waals surface area (Å²) in [5.41, 5.74) is 1.85. The van der Waals surface area contributed by atoms with Gasteiger partial charge in [0.05, 0.1) is 6.20 Å². The van der Waals surface area contributed by atoms with Gasteiger partial charge in [0.15, 0.2) is 5.96 Å². The van der Waals surface area contributed by atoms with Crippen molar-refractivity contribution in [2.75, 3.05) is 13.6 Å². The normalized spacial score (nSPS) is 11.0. The molecule has 126 valence electrons. The summed E-state index contributed by atoms with van der Waals surface area (Å²) in [6.07, 6.45) is 5.84. The van der Waals surface area contributed by atoms with Gasteiger partial charge in [-0.3, -0.25) is 9.67 Å². The predicted molar refractivity (Wildman–Crippen MR) is 102 cm³/mol. The first-order chi connectivity index (χ1) is 10.7. The fraction of sp³-hybridized carbons (Fsp3) is 0.375. The Labute approximate surface area is 153 Å². The smallest absolute Gasteiger partial charge is 0.191 e. The summed E-state index contributed by atoms with van der Waals surface area (Å²) >= 11 is 0. The van der Waals surface area contributed by atoms with E-state index in [0.717, 1.165) is 19.4 Å². The lowest BCUT2D eigenvalue weighted by Crippen LogP contribution is -2.37. The first-order valence-electron chi connectivity index (χ1n) is 7.34. The van der Waals surface area contributed by atoms with Crippen molar-refractivity contribution < 1.29 is 4.39 Å². The van der Waals surface area contributed by atoms with E-state index in [0.29, 0.717) is 18.1 Å². The molecule has 7 heteroatoms. The molecule has 23 heavy (non-hydrogen) atoms. The van der Waals surface area contributed by atoms with Crippen molar-refractivity contribution in [3.8, 4) is 0 Å². The van der Waals surface area contributed by atoms with Gasteiger partial charge in [-0.05, 0) is 24.5 Å². The Balaban J connectivity index is 0.00000264. The molecule has 0 bridgehead atoms. The molecule has 0 atom stereocenters. The Kier molecular flexibility index (Phi) is 8.60. The molecule has 0 aliphatic heterocycles. The molecule has 0 saturated carbocycles. The van der Waals surface area contributed by atoms with Gasteiger partial charge in [-0.25, -0.2) is 4.39 Å². The predicted octanol–water partition coefficient (Wildman–Crippen LogP) is 2.48. The summed E-state index contributed by atoms with van der Waals surface area (Å²) in [4.78, 5) is 4.14. The maximum Gasteiger partial charge on any atom is 0.191 e. The molecular formula is C16H23FIN5. The van der Waals surface area contributed by atoms with Crippen LogP contribution in [-0.2, 0) is 20.0 Å². The Morgan fingerprint density at radius 2 is 2.09 bits per heavy atom. The van der Waals surface area contributed by atoms with Crippen molar-refractivity contribution in [3.63, 3.8) is 0 Å². The number of benzene rings is 1. The van der Waals surface area contributed by atoms with E-state index >= 15 is 0 Å². The highest BCUT2D eigenvalue weighted by Crippen LogP contribution is 2.05. The maximum atomic E-state index is 13.5. The minimum atomic E-state index is -0.206. The van der Waals surface area contributed by atoms with Gasteiger partial charge in [-0.2, -0.15) is 5.10 Å². The van der Waals surface area contributed by atoms with Gasteiger partial charge in [0.1, 0.15) is 5.82 Å². The number of guanidine groups is 1. The zero-order valence-electron chi connectivity index (χ0n) is 13.4. The van der Waals surface area contributed by atoms with Crippen LogP contribution in [0, 0.1) is 5.82 Å². The molecule has 0 radical (unpaired) electrons. The van der Waals surface area contributed by atoms with Crippen LogP contribution < -0.4 is 10.6 Å². The topological polar surface area (TPSA) is 54.2 Å². The highest BCUT2D eigenvalue weighted by atomic mass is 127. The van der Waals surface area contributed by atoms with Gasteiger partial charge in [-0.15, -0.1) is 24.0 Å². The number of aryl methyl sites for hydroxylation is 2. The molecule has 0 fully saturated rings. The Hall–Kier alpha value is -1.64. The van der Waals surface area contributed by atoms with Gasteiger partial charge in [0.2, 0.25) is 0 Å². The van der Waals surface area contributed by atoms with Crippen LogP contribution in [0.2, 0.25) is 0 Å². The summed E-state index contributed by atoms with van der Waals surface area (Å²) in [7, 11) is 3.62. The summed E-state index contributed by atoms with van der Waals surface area (Å²) in [5.74, 6) is 0.469. The number of hydrogen-bond acceptors (Lipinski definition) is 2. The van der Waals surface area contributed by atoms with Gasteiger partial charge in [-0.1, -0.05) is 18.2 Å². The van der Waals surface area contributed by atoms with Crippen LogP contribution in [0.5, 0.6) is 0 Å². The van der Waals surface area contributed by atoms with E-state index in [2.05, 4.69) is 20.7 Å². The van der Waals surface area contributed by atoms with E-state index in [4.69, 9.17) is 0 Å². The lowest BCUT2D eigenvalue weighted by molar-refractivity contribution is 0.604. The van der Waals surface area contributed by atoms with Crippen LogP contribution >= 0.6 is 24.0 Å². The van der Waals surface area contributed by atoms with Crippen molar-refractivity contribution in [3.05, 3.63) is 53.6 Å². The second-order valence-corrected chi connectivity index (χ2v) is 5.07. The number of rotatable bonds is 6. The minimum absolute atomic E-state index is 0. The fourth-order valence-corrected chi connectivity index (χ4v) is 2.14. The molecule has 0 aliphatic rings. The van der Waals surface area contributed by atoms with Crippen molar-refractivity contribution in [1.29, 1.82) is 0 Å². The molecule has 0 spiro atoms. The largest absolute Gasteiger partial charge is 0.356 e. The minimum Gasteiger partial charge on any atom is -0.356 e. The van der Waals surface area contributed by atoms with E-state index in [9.17, 15) is 4.39 Å². The molecule has 0 unspecified atom stereocenters. The molecular weight excluding hydrogens is 408 g/mol. The summed E-state index contributed by atoms with van der Waals surface area (Å²) in [5, 5.41) is 10.5. The highest BCUT2D eigenvalue weighted by Gasteiger charge is 2.02. The number of aliphatic imine (C=N–C) groups is 1. The third-order valence-corrected chi connectivity index (χ3v) is 3.32. The Morgan fingerprint density at radius 1 is 1.30 bits per heavy atom. The summed E-state index contributed by atoms with van der Waals surface area (Å²) < 4.78 is 15.3. The first kappa shape index (κ1) is 19.4. The number of halogens is 2. The monoisotopic (exact) mass is 431 g/mol. The molecule has 1 aromatic carbocycles. The molecule has 1 aromatic heterocycles. The molecule has 2 aromatic rings. The van der Waals surface area contributed by atoms with Crippen LogP contribution in [0.3, 0.4) is 0 Å². The highest BCUT2D eigenvalue weighted by molar-refractivity contribution is 14.0. The molecule has 0 saturated heterocycles. The second kappa shape index (κ2) is 10.2. The SMILES string of the molecule is CN=C(NCCCc1cnn(C)c1)NCc1ccccc1F.I. The van der Waals surface area contributed by atoms with E-state index < -0.39 is 0 Å². The molecule has 0 aliphatic carbocycles. The van der Waals surface area contributed by atoms with Crippen LogP contribution in [0.25, 0.3) is 0 Å². The lowest BCUT2D eigenvalue weighted by atomic mass is 10.2. The Morgan fingerprint density at radius 3 is 2.74 bits per heavy atom. The fourth-order valence-electron chi connectivity index (χ4n) is 2.14. The Bertz CT molecular complexity index is 626. The first-order valence-corrected chi connectivity index (χ1v) is 7.34. The van der Waals surface area contributed by atoms with Crippen molar-refractivity contribution in [2.24, 2.45) is 12.0 Å². The van der Waals surface area contributed by atoms with E-state index in [1.165, 1.54) is 11.6 Å². The number of nitrogens with zero attached hydrogens (tertiary/aromatic N) is 3. The maximum absolute atomic E-state index is 13.5. The quantitative estimate of drug-likeness (QED) is 0.320. The lowest BCUT2D eigenvalue weighted by Gasteiger charge is -2.12. The van der Waals surface area contributed by atoms with Crippen molar-refractivity contribution in [1.82, 2.24) is 20.4 Å². The number of nitrogens with one attached hydrogen (secondary N) is 2. The summed E-state index contributed by atoms with van der Waals surface area (Å²) in [6.45, 7) is 1.21. The van der Waals surface area contributed by atoms with Gasteiger partial charge >= 0.3 is 0 Å². The standard InChI is InChI=1S/C16H22FN5.HI/c1-18-16(20-11-14-7-3-4-8-15(14)17)19-9-5-6-13-10-21-22(2)12-13;/h3-4,7-8,10,12H,5-6,9,11H2,1-2H3,(H2,18,19,20);1H. The number of hydrogen-bond donors (Lipinski definition) is 2. The van der Waals surface area contributed by atoms with Crippen LogP contribution in [0.15, 0.2) is 41.7 Å². The van der Waals surface area contributed by atoms with Crippen LogP contribution in [0.4, 0.5) is 4.39 Å². The van der Waals surface area contributed by atoms with Crippen LogP contribution in [0.1, 0.15) is 17.5 Å². The molecule has 0 amide bonds. The van der Waals surface area contributed by atoms with E-state index in [-0.39, 0.29) is 29.8 Å². The molecule has 2 rings (SSSR count). The third-order valence-electron chi connectivity index (χ3n) is 3.32.